The molecule has 1 aromatic rings. The van der Waals surface area contributed by atoms with Crippen LogP contribution in [-0.2, 0) is 16.2 Å². The average molecular weight is 260 g/mol. The lowest BCUT2D eigenvalue weighted by molar-refractivity contribution is -0.135. The Morgan fingerprint density at radius 3 is 2.62 bits per heavy atom. The van der Waals surface area contributed by atoms with E-state index >= 15 is 0 Å². The van der Waals surface area contributed by atoms with Gasteiger partial charge in [-0.05, 0) is 12.0 Å². The molecular formula is C11H11Cl2NO2. The van der Waals surface area contributed by atoms with Crippen LogP contribution in [-0.4, -0.2) is 10.2 Å². The Morgan fingerprint density at radius 2 is 2.06 bits per heavy atom. The smallest absolute Gasteiger partial charge is 0.249 e. The molecule has 2 rings (SSSR count). The highest BCUT2D eigenvalue weighted by Gasteiger charge is 2.56. The summed E-state index contributed by atoms with van der Waals surface area (Å²) in [5.41, 5.74) is 3.33. The van der Waals surface area contributed by atoms with Crippen molar-refractivity contribution in [2.45, 2.75) is 17.4 Å². The quantitative estimate of drug-likeness (QED) is 0.667. The van der Waals surface area contributed by atoms with Crippen LogP contribution in [0.25, 0.3) is 0 Å². The van der Waals surface area contributed by atoms with E-state index in [1.165, 1.54) is 0 Å². The van der Waals surface area contributed by atoms with Crippen molar-refractivity contribution in [3.8, 4) is 0 Å². The molecule has 1 amide bonds. The van der Waals surface area contributed by atoms with Crippen LogP contribution in [0, 0.1) is 5.92 Å². The Bertz CT molecular complexity index is 381. The molecule has 3 nitrogen and oxygen atoms in total. The molecule has 0 heterocycles. The maximum absolute atomic E-state index is 11.4. The van der Waals surface area contributed by atoms with E-state index in [9.17, 15) is 4.79 Å². The number of carbonyl (C=O) groups is 1. The number of hydroxylamine groups is 1. The number of halogens is 2. The molecule has 86 valence electrons. The highest BCUT2D eigenvalue weighted by molar-refractivity contribution is 6.52. The second kappa shape index (κ2) is 4.62. The third-order valence-electron chi connectivity index (χ3n) is 2.40. The first-order chi connectivity index (χ1) is 7.59. The van der Waals surface area contributed by atoms with Gasteiger partial charge in [0.15, 0.2) is 0 Å². The van der Waals surface area contributed by atoms with Crippen LogP contribution < -0.4 is 5.48 Å². The average Bonchev–Trinajstić information content (AvgIpc) is 2.89. The van der Waals surface area contributed by atoms with Crippen LogP contribution in [0.15, 0.2) is 30.3 Å². The number of hydrogen-bond acceptors (Lipinski definition) is 2. The maximum atomic E-state index is 11.4. The van der Waals surface area contributed by atoms with Crippen LogP contribution >= 0.6 is 23.2 Å². The van der Waals surface area contributed by atoms with Gasteiger partial charge in [0.2, 0.25) is 5.91 Å². The summed E-state index contributed by atoms with van der Waals surface area (Å²) in [7, 11) is 0. The van der Waals surface area contributed by atoms with Gasteiger partial charge in [-0.1, -0.05) is 30.3 Å². The molecule has 0 spiro atoms. The third-order valence-corrected chi connectivity index (χ3v) is 3.23. The van der Waals surface area contributed by atoms with Crippen LogP contribution in [0.5, 0.6) is 0 Å². The minimum absolute atomic E-state index is 0.263. The Morgan fingerprint density at radius 1 is 1.44 bits per heavy atom. The van der Waals surface area contributed by atoms with Crippen molar-refractivity contribution in [1.29, 1.82) is 0 Å². The molecular weight excluding hydrogens is 249 g/mol. The van der Waals surface area contributed by atoms with E-state index in [4.69, 9.17) is 28.0 Å². The predicted molar refractivity (Wildman–Crippen MR) is 61.9 cm³/mol. The second-order valence-corrected chi connectivity index (χ2v) is 5.30. The van der Waals surface area contributed by atoms with Crippen molar-refractivity contribution in [2.75, 3.05) is 0 Å². The van der Waals surface area contributed by atoms with Gasteiger partial charge in [0.25, 0.3) is 0 Å². The lowest BCUT2D eigenvalue weighted by Crippen LogP contribution is -2.26. The topological polar surface area (TPSA) is 38.3 Å². The molecule has 0 aliphatic heterocycles. The zero-order valence-corrected chi connectivity index (χ0v) is 9.96. The van der Waals surface area contributed by atoms with Gasteiger partial charge in [0.05, 0.1) is 12.5 Å². The number of amides is 1. The Hall–Kier alpha value is -0.770. The molecule has 16 heavy (non-hydrogen) atoms. The first-order valence-electron chi connectivity index (χ1n) is 4.93. The molecule has 0 radical (unpaired) electrons. The Kier molecular flexibility index (Phi) is 3.38. The van der Waals surface area contributed by atoms with Crippen molar-refractivity contribution in [3.05, 3.63) is 35.9 Å². The number of hydrogen-bond donors (Lipinski definition) is 1. The standard InChI is InChI=1S/C11H11Cl2NO2/c12-11(13)6-9(11)10(15)14-16-7-8-4-2-1-3-5-8/h1-5,9H,6-7H2,(H,14,15)/t9-/m1/s1. The molecule has 0 aromatic heterocycles. The number of nitrogens with one attached hydrogen (secondary N) is 1. The summed E-state index contributed by atoms with van der Waals surface area (Å²) in [5, 5.41) is 0. The first kappa shape index (κ1) is 11.7. The predicted octanol–water partition coefficient (Wildman–Crippen LogP) is 2.43. The van der Waals surface area contributed by atoms with Crippen LogP contribution in [0.1, 0.15) is 12.0 Å². The summed E-state index contributed by atoms with van der Waals surface area (Å²) < 4.78 is -0.903. The monoisotopic (exact) mass is 259 g/mol. The fourth-order valence-electron chi connectivity index (χ4n) is 1.33. The molecule has 1 aliphatic rings. The van der Waals surface area contributed by atoms with Crippen molar-refractivity contribution < 1.29 is 9.63 Å². The maximum Gasteiger partial charge on any atom is 0.249 e. The summed E-state index contributed by atoms with van der Waals surface area (Å²) >= 11 is 11.5. The van der Waals surface area contributed by atoms with E-state index < -0.39 is 4.33 Å². The second-order valence-electron chi connectivity index (χ2n) is 3.76. The molecule has 1 fully saturated rings. The van der Waals surface area contributed by atoms with Gasteiger partial charge in [-0.2, -0.15) is 0 Å². The minimum atomic E-state index is -0.903. The van der Waals surface area contributed by atoms with Gasteiger partial charge >= 0.3 is 0 Å². The molecule has 0 saturated heterocycles. The number of carbonyl (C=O) groups excluding carboxylic acids is 1. The Labute approximate surface area is 104 Å². The molecule has 1 N–H and O–H groups in total. The van der Waals surface area contributed by atoms with Gasteiger partial charge in [0, 0.05) is 0 Å². The minimum Gasteiger partial charge on any atom is -0.272 e. The molecule has 1 aromatic carbocycles. The van der Waals surface area contributed by atoms with Crippen LogP contribution in [0.2, 0.25) is 0 Å². The van der Waals surface area contributed by atoms with Gasteiger partial charge in [-0.15, -0.1) is 23.2 Å². The first-order valence-corrected chi connectivity index (χ1v) is 5.68. The van der Waals surface area contributed by atoms with E-state index in [2.05, 4.69) is 5.48 Å². The lowest BCUT2D eigenvalue weighted by Gasteiger charge is -2.05. The fourth-order valence-corrected chi connectivity index (χ4v) is 1.84. The normalized spacial score (nSPS) is 21.5. The third kappa shape index (κ3) is 2.88. The number of benzene rings is 1. The summed E-state index contributed by atoms with van der Waals surface area (Å²) in [4.78, 5) is 16.5. The summed E-state index contributed by atoms with van der Waals surface area (Å²) in [6, 6.07) is 9.56. The van der Waals surface area contributed by atoms with Crippen molar-refractivity contribution in [3.63, 3.8) is 0 Å². The zero-order chi connectivity index (χ0) is 11.6. The molecule has 1 saturated carbocycles. The van der Waals surface area contributed by atoms with E-state index in [0.29, 0.717) is 13.0 Å². The lowest BCUT2D eigenvalue weighted by atomic mass is 10.2. The van der Waals surface area contributed by atoms with Gasteiger partial charge < -0.3 is 0 Å². The summed E-state index contributed by atoms with van der Waals surface area (Å²) in [6.07, 6.45) is 0.483. The number of alkyl halides is 2. The highest BCUT2D eigenvalue weighted by atomic mass is 35.5. The number of rotatable bonds is 4. The van der Waals surface area contributed by atoms with Crippen molar-refractivity contribution >= 4 is 29.1 Å². The van der Waals surface area contributed by atoms with Crippen LogP contribution in [0.4, 0.5) is 0 Å². The van der Waals surface area contributed by atoms with Gasteiger partial charge in [-0.25, -0.2) is 5.48 Å². The summed E-state index contributed by atoms with van der Waals surface area (Å²) in [5.74, 6) is -0.618. The molecule has 5 heteroatoms. The summed E-state index contributed by atoms with van der Waals surface area (Å²) in [6.45, 7) is 0.330. The van der Waals surface area contributed by atoms with Crippen LogP contribution in [0.3, 0.4) is 0 Å². The fraction of sp³-hybridized carbons (Fsp3) is 0.364. The van der Waals surface area contributed by atoms with E-state index in [1.807, 2.05) is 30.3 Å². The van der Waals surface area contributed by atoms with E-state index in [-0.39, 0.29) is 11.8 Å². The van der Waals surface area contributed by atoms with Crippen molar-refractivity contribution in [1.82, 2.24) is 5.48 Å². The largest absolute Gasteiger partial charge is 0.272 e. The highest BCUT2D eigenvalue weighted by Crippen LogP contribution is 2.53. The SMILES string of the molecule is O=C(NOCc1ccccc1)[C@H]1CC1(Cl)Cl. The van der Waals surface area contributed by atoms with E-state index in [0.717, 1.165) is 5.56 Å². The Balaban J connectivity index is 1.71. The van der Waals surface area contributed by atoms with E-state index in [1.54, 1.807) is 0 Å². The van der Waals surface area contributed by atoms with Gasteiger partial charge in [0.1, 0.15) is 4.33 Å². The molecule has 1 atom stereocenters. The molecule has 1 aliphatic carbocycles. The van der Waals surface area contributed by atoms with Crippen molar-refractivity contribution in [2.24, 2.45) is 5.92 Å². The molecule has 0 bridgehead atoms. The van der Waals surface area contributed by atoms with Gasteiger partial charge in [-0.3, -0.25) is 9.63 Å². The molecule has 0 unspecified atom stereocenters. The zero-order valence-electron chi connectivity index (χ0n) is 8.45.